The maximum absolute atomic E-state index is 12.6. The summed E-state index contributed by atoms with van der Waals surface area (Å²) in [5, 5.41) is 3.12. The molecule has 1 N–H and O–H groups in total. The summed E-state index contributed by atoms with van der Waals surface area (Å²) in [6, 6.07) is 6.13. The molecule has 1 aliphatic carbocycles. The quantitative estimate of drug-likeness (QED) is 0.826. The van der Waals surface area contributed by atoms with E-state index in [2.05, 4.69) is 51.3 Å². The summed E-state index contributed by atoms with van der Waals surface area (Å²) >= 11 is 0. The normalized spacial score (nSPS) is 16.5. The third kappa shape index (κ3) is 3.28. The number of carbonyl (C=O) groups is 1. The number of aryl methyl sites for hydroxylation is 2. The summed E-state index contributed by atoms with van der Waals surface area (Å²) in [5.41, 5.74) is 3.29. The molecule has 1 amide bonds. The van der Waals surface area contributed by atoms with E-state index in [1.165, 1.54) is 0 Å². The zero-order chi connectivity index (χ0) is 13.6. The maximum Gasteiger partial charge on any atom is 0.268 e. The van der Waals surface area contributed by atoms with Crippen molar-refractivity contribution in [2.75, 3.05) is 25.3 Å². The van der Waals surface area contributed by atoms with Crippen molar-refractivity contribution in [3.63, 3.8) is 0 Å². The monoisotopic (exact) mass is 353 g/mol. The Hall–Kier alpha value is 0.224. The largest absolute Gasteiger partial charge is 0.322 e. The summed E-state index contributed by atoms with van der Waals surface area (Å²) in [6.07, 6.45) is 2.11. The molecule has 1 aromatic carbocycles. The molecule has 0 atom stereocenters. The Morgan fingerprint density at radius 3 is 2.00 bits per heavy atom. The van der Waals surface area contributed by atoms with E-state index in [1.807, 2.05) is 6.07 Å². The number of hydrogen-bond acceptors (Lipinski definition) is 1. The van der Waals surface area contributed by atoms with Gasteiger partial charge < -0.3 is 5.32 Å². The molecule has 19 heavy (non-hydrogen) atoms. The number of anilines is 1. The van der Waals surface area contributed by atoms with Gasteiger partial charge in [-0.15, -0.1) is 0 Å². The van der Waals surface area contributed by atoms with Crippen LogP contribution in [0, 0.1) is 13.8 Å². The number of nitrogens with one attached hydrogen (secondary N) is 1. The van der Waals surface area contributed by atoms with E-state index in [0.29, 0.717) is 0 Å². The van der Waals surface area contributed by atoms with E-state index in [-0.39, 0.29) is 43.8 Å². The standard InChI is InChI=1S/C15H22NOP.Y/c1-11-7-6-8-12(2)13(11)16-14(17)15(9-10-15)18(3,4)5;/h6-8H,9-10H2,1-5H3;/p+1. The molecule has 1 radical (unpaired) electrons. The Morgan fingerprint density at radius 2 is 1.63 bits per heavy atom. The smallest absolute Gasteiger partial charge is 0.268 e. The van der Waals surface area contributed by atoms with Crippen molar-refractivity contribution < 1.29 is 37.5 Å². The first-order valence-electron chi connectivity index (χ1n) is 6.47. The van der Waals surface area contributed by atoms with Crippen LogP contribution in [-0.4, -0.2) is 31.1 Å². The summed E-state index contributed by atoms with van der Waals surface area (Å²) in [6.45, 7) is 10.9. The molecule has 1 aromatic rings. The molecule has 2 nitrogen and oxygen atoms in total. The maximum atomic E-state index is 12.6. The fourth-order valence-electron chi connectivity index (χ4n) is 2.56. The first-order valence-corrected chi connectivity index (χ1v) is 9.60. The Bertz CT molecular complexity index is 469. The Kier molecular flexibility index (Phi) is 5.38. The van der Waals surface area contributed by atoms with E-state index in [9.17, 15) is 4.79 Å². The molecule has 1 saturated carbocycles. The van der Waals surface area contributed by atoms with Crippen molar-refractivity contribution in [3.8, 4) is 0 Å². The van der Waals surface area contributed by atoms with Gasteiger partial charge in [-0.05, 0) is 25.0 Å². The molecule has 0 bridgehead atoms. The van der Waals surface area contributed by atoms with Crippen LogP contribution in [0.1, 0.15) is 24.0 Å². The first-order chi connectivity index (χ1) is 8.28. The molecule has 0 unspecified atom stereocenters. The van der Waals surface area contributed by atoms with Crippen LogP contribution in [0.25, 0.3) is 0 Å². The van der Waals surface area contributed by atoms with Crippen molar-refractivity contribution in [1.29, 1.82) is 0 Å². The molecule has 2 rings (SSSR count). The van der Waals surface area contributed by atoms with Gasteiger partial charge in [-0.3, -0.25) is 4.79 Å². The second kappa shape index (κ2) is 5.92. The van der Waals surface area contributed by atoms with Crippen molar-refractivity contribution in [2.24, 2.45) is 0 Å². The van der Waals surface area contributed by atoms with Gasteiger partial charge in [0.15, 0.2) is 5.16 Å². The van der Waals surface area contributed by atoms with Crippen LogP contribution in [-0.2, 0) is 37.5 Å². The van der Waals surface area contributed by atoms with E-state index < -0.39 is 7.26 Å². The van der Waals surface area contributed by atoms with Gasteiger partial charge in [-0.25, -0.2) is 0 Å². The second-order valence-corrected chi connectivity index (χ2v) is 11.1. The third-order valence-corrected chi connectivity index (χ3v) is 7.37. The molecule has 0 aliphatic heterocycles. The average molecular weight is 353 g/mol. The van der Waals surface area contributed by atoms with Crippen molar-refractivity contribution in [2.45, 2.75) is 31.8 Å². The Morgan fingerprint density at radius 1 is 1.16 bits per heavy atom. The number of para-hydroxylation sites is 1. The number of amides is 1. The zero-order valence-corrected chi connectivity index (χ0v) is 16.3. The molecule has 1 aliphatic rings. The Labute approximate surface area is 142 Å². The predicted octanol–water partition coefficient (Wildman–Crippen LogP) is 3.68. The van der Waals surface area contributed by atoms with E-state index >= 15 is 0 Å². The second-order valence-electron chi connectivity index (χ2n) is 6.26. The summed E-state index contributed by atoms with van der Waals surface area (Å²) in [5.74, 6) is 0.237. The van der Waals surface area contributed by atoms with Crippen molar-refractivity contribution in [3.05, 3.63) is 29.3 Å². The molecular formula is C15H23NOPY+. The minimum atomic E-state index is -1.14. The van der Waals surface area contributed by atoms with Gasteiger partial charge in [0.25, 0.3) is 5.91 Å². The van der Waals surface area contributed by atoms with Crippen LogP contribution in [0.15, 0.2) is 18.2 Å². The topological polar surface area (TPSA) is 29.1 Å². The summed E-state index contributed by atoms with van der Waals surface area (Å²) in [4.78, 5) is 12.6. The number of carbonyl (C=O) groups excluding carboxylic acids is 1. The molecule has 0 aromatic heterocycles. The molecular weight excluding hydrogens is 330 g/mol. The van der Waals surface area contributed by atoms with Gasteiger partial charge in [-0.2, -0.15) is 0 Å². The van der Waals surface area contributed by atoms with Crippen LogP contribution >= 0.6 is 7.26 Å². The van der Waals surface area contributed by atoms with Crippen LogP contribution in [0.4, 0.5) is 5.69 Å². The van der Waals surface area contributed by atoms with Gasteiger partial charge in [-0.1, -0.05) is 18.2 Å². The van der Waals surface area contributed by atoms with Gasteiger partial charge in [0.1, 0.15) is 0 Å². The third-order valence-electron chi connectivity index (χ3n) is 4.15. The van der Waals surface area contributed by atoms with Crippen LogP contribution < -0.4 is 5.32 Å². The van der Waals surface area contributed by atoms with Crippen LogP contribution in [0.3, 0.4) is 0 Å². The molecule has 0 spiro atoms. The van der Waals surface area contributed by atoms with Crippen molar-refractivity contribution >= 4 is 18.9 Å². The van der Waals surface area contributed by atoms with Crippen LogP contribution in [0.5, 0.6) is 0 Å². The summed E-state index contributed by atoms with van der Waals surface area (Å²) in [7, 11) is -1.14. The summed E-state index contributed by atoms with van der Waals surface area (Å²) < 4.78 is 0. The Balaban J connectivity index is 0.00000180. The number of hydrogen-bond donors (Lipinski definition) is 1. The van der Waals surface area contributed by atoms with Gasteiger partial charge >= 0.3 is 0 Å². The van der Waals surface area contributed by atoms with Crippen molar-refractivity contribution in [1.82, 2.24) is 0 Å². The molecule has 1 fully saturated rings. The average Bonchev–Trinajstić information content (AvgIpc) is 3.03. The fourth-order valence-corrected chi connectivity index (χ4v) is 4.68. The van der Waals surface area contributed by atoms with Gasteiger partial charge in [0, 0.05) is 78.5 Å². The van der Waals surface area contributed by atoms with Gasteiger partial charge in [0.2, 0.25) is 0 Å². The van der Waals surface area contributed by atoms with E-state index in [4.69, 9.17) is 0 Å². The predicted molar refractivity (Wildman–Crippen MR) is 81.2 cm³/mol. The van der Waals surface area contributed by atoms with Gasteiger partial charge in [0.05, 0.1) is 0 Å². The first kappa shape index (κ1) is 17.3. The molecule has 4 heteroatoms. The zero-order valence-electron chi connectivity index (χ0n) is 12.6. The molecule has 0 saturated heterocycles. The van der Waals surface area contributed by atoms with Crippen LogP contribution in [0.2, 0.25) is 0 Å². The number of benzene rings is 1. The molecule has 101 valence electrons. The minimum absolute atomic E-state index is 0. The van der Waals surface area contributed by atoms with E-state index in [0.717, 1.165) is 29.7 Å². The fraction of sp³-hybridized carbons (Fsp3) is 0.533. The number of rotatable bonds is 3. The molecule has 0 heterocycles. The SMILES string of the molecule is Cc1cccc(C)c1NC(=O)C1([P+](C)(C)C)CC1.[Y]. The minimum Gasteiger partial charge on any atom is -0.322 e. The van der Waals surface area contributed by atoms with E-state index in [1.54, 1.807) is 0 Å².